The molecule has 1 aromatic carbocycles. The lowest BCUT2D eigenvalue weighted by atomic mass is 10.0. The molecule has 0 aromatic heterocycles. The number of carboxylic acid groups (broad SMARTS) is 1. The summed E-state index contributed by atoms with van der Waals surface area (Å²) in [6.07, 6.45) is 4.98. The number of hydrazine groups is 1. The maximum Gasteiger partial charge on any atom is 0.352 e. The minimum absolute atomic E-state index is 0.0536. The number of carbonyl (C=O) groups excluding carboxylic acids is 4. The third-order valence-electron chi connectivity index (χ3n) is 7.26. The molecule has 45 heavy (non-hydrogen) atoms. The van der Waals surface area contributed by atoms with Gasteiger partial charge in [-0.2, -0.15) is 9.93 Å². The highest BCUT2D eigenvalue weighted by Crippen LogP contribution is 2.42. The quantitative estimate of drug-likeness (QED) is 0.220. The standard InChI is InChI=1S/C27H28N8O7S3/c1-32-11-18(45-31-32)43-13-16-14-44-24-20(23(37)35(24)21(16)25(38)39)28-22(36)19(15-5-3-2-4-6-15)29-26(40)33-8-9-34(27(33)41)30-17-7-10-42-12-17/h2-7,10-11,19-20,24,31H,8-9,12-14H2,1H3,(H,28,36)(H,29,40)(H,38,39)/t19?,20?,24-/m0/s1. The number of carbonyl (C=O) groups is 5. The van der Waals surface area contributed by atoms with E-state index in [0.29, 0.717) is 28.4 Å². The van der Waals surface area contributed by atoms with E-state index in [-0.39, 0.29) is 25.4 Å². The Labute approximate surface area is 270 Å². The Balaban J connectivity index is 1.13. The van der Waals surface area contributed by atoms with Gasteiger partial charge in [0.1, 0.15) is 35.5 Å². The summed E-state index contributed by atoms with van der Waals surface area (Å²) in [5.74, 6) is -1.67. The normalized spacial score (nSPS) is 24.0. The molecule has 5 aliphatic rings. The largest absolute Gasteiger partial charge is 0.495 e. The lowest BCUT2D eigenvalue weighted by Crippen LogP contribution is -2.71. The van der Waals surface area contributed by atoms with Crippen LogP contribution in [0.5, 0.6) is 0 Å². The number of hydrogen-bond donors (Lipinski definition) is 4. The van der Waals surface area contributed by atoms with Gasteiger partial charge < -0.3 is 25.5 Å². The van der Waals surface area contributed by atoms with Crippen LogP contribution in [0, 0.1) is 0 Å². The molecule has 6 amide bonds. The highest BCUT2D eigenvalue weighted by Gasteiger charge is 2.54. The first-order chi connectivity index (χ1) is 21.7. The van der Waals surface area contributed by atoms with Crippen molar-refractivity contribution in [2.45, 2.75) is 17.5 Å². The van der Waals surface area contributed by atoms with Crippen LogP contribution < -0.4 is 15.5 Å². The van der Waals surface area contributed by atoms with E-state index in [1.807, 2.05) is 13.2 Å². The fourth-order valence-corrected chi connectivity index (χ4v) is 8.35. The molecule has 5 heterocycles. The fourth-order valence-electron chi connectivity index (χ4n) is 5.06. The molecule has 4 N–H and O–H groups in total. The average molecular weight is 673 g/mol. The number of thioether (sulfide) groups is 2. The van der Waals surface area contributed by atoms with E-state index in [1.54, 1.807) is 41.4 Å². The highest BCUT2D eigenvalue weighted by molar-refractivity contribution is 8.21. The minimum atomic E-state index is -1.24. The van der Waals surface area contributed by atoms with Gasteiger partial charge in [0, 0.05) is 24.8 Å². The van der Waals surface area contributed by atoms with Gasteiger partial charge in [-0.1, -0.05) is 30.3 Å². The van der Waals surface area contributed by atoms with Gasteiger partial charge in [-0.05, 0) is 29.2 Å². The van der Waals surface area contributed by atoms with Crippen LogP contribution in [0.2, 0.25) is 0 Å². The number of urea groups is 2. The summed E-state index contributed by atoms with van der Waals surface area (Å²) >= 11 is 4.26. The molecule has 0 bridgehead atoms. The smallest absolute Gasteiger partial charge is 0.352 e. The summed E-state index contributed by atoms with van der Waals surface area (Å²) < 4.78 is 6.06. The van der Waals surface area contributed by atoms with E-state index in [0.717, 1.165) is 14.1 Å². The number of rotatable bonds is 9. The summed E-state index contributed by atoms with van der Waals surface area (Å²) in [6, 6.07) is 4.75. The molecule has 236 valence electrons. The fraction of sp³-hybridized carbons (Fsp3) is 0.333. The Bertz CT molecular complexity index is 1550. The number of fused-ring (bicyclic) bond motifs is 1. The number of amides is 6. The topological polar surface area (TPSA) is 176 Å². The Hall–Kier alpha value is -4.13. The van der Waals surface area contributed by atoms with Gasteiger partial charge in [-0.25, -0.2) is 24.3 Å². The Morgan fingerprint density at radius 2 is 2.02 bits per heavy atom. The molecule has 2 unspecified atom stereocenters. The van der Waals surface area contributed by atoms with E-state index in [2.05, 4.69) is 20.6 Å². The van der Waals surface area contributed by atoms with Crippen molar-refractivity contribution in [1.29, 1.82) is 0 Å². The van der Waals surface area contributed by atoms with Crippen LogP contribution >= 0.6 is 35.5 Å². The number of hydrazone groups is 1. The Morgan fingerprint density at radius 3 is 2.71 bits per heavy atom. The minimum Gasteiger partial charge on any atom is -0.495 e. The second-order valence-corrected chi connectivity index (χ2v) is 13.5. The molecule has 0 radical (unpaired) electrons. The molecular formula is C27H28N8O7S3. The molecule has 15 nitrogen and oxygen atoms in total. The SMILES string of the molecule is CN1C=C(SCC2=C(C(=O)O)N3C(=O)C(NC(=O)C(NC(=O)N4CCN(N=C5C=COC5)C4=O)c4ccccc4)[C@@H]3SC2)SN1. The first kappa shape index (κ1) is 30.9. The van der Waals surface area contributed by atoms with Gasteiger partial charge in [0.15, 0.2) is 0 Å². The van der Waals surface area contributed by atoms with Crippen LogP contribution in [0.4, 0.5) is 9.59 Å². The maximum atomic E-state index is 13.6. The van der Waals surface area contributed by atoms with Crippen molar-refractivity contribution in [3.05, 3.63) is 69.9 Å². The van der Waals surface area contributed by atoms with Crippen molar-refractivity contribution >= 4 is 71.0 Å². The third kappa shape index (κ3) is 6.35. The molecule has 18 heteroatoms. The van der Waals surface area contributed by atoms with E-state index in [1.165, 1.54) is 46.6 Å². The van der Waals surface area contributed by atoms with E-state index < -0.39 is 47.3 Å². The molecule has 1 aromatic rings. The van der Waals surface area contributed by atoms with Crippen LogP contribution in [0.1, 0.15) is 11.6 Å². The number of nitrogens with one attached hydrogen (secondary N) is 3. The van der Waals surface area contributed by atoms with Crippen molar-refractivity contribution in [2.24, 2.45) is 5.10 Å². The number of nitrogens with zero attached hydrogens (tertiary/aromatic N) is 5. The van der Waals surface area contributed by atoms with Gasteiger partial charge in [0.05, 0.1) is 23.6 Å². The zero-order valence-corrected chi connectivity index (χ0v) is 26.2. The lowest BCUT2D eigenvalue weighted by molar-refractivity contribution is -0.151. The monoisotopic (exact) mass is 672 g/mol. The van der Waals surface area contributed by atoms with Crippen molar-refractivity contribution < 1.29 is 33.8 Å². The molecule has 6 rings (SSSR count). The van der Waals surface area contributed by atoms with Crippen LogP contribution in [-0.4, -0.2) is 110 Å². The number of benzene rings is 1. The predicted molar refractivity (Wildman–Crippen MR) is 168 cm³/mol. The molecule has 2 fully saturated rings. The summed E-state index contributed by atoms with van der Waals surface area (Å²) in [4.78, 5) is 70.6. The van der Waals surface area contributed by atoms with Gasteiger partial charge in [-0.3, -0.25) is 14.5 Å². The van der Waals surface area contributed by atoms with Crippen LogP contribution in [0.3, 0.4) is 0 Å². The second kappa shape index (κ2) is 13.1. The zero-order chi connectivity index (χ0) is 31.7. The molecule has 3 atom stereocenters. The third-order valence-corrected chi connectivity index (χ3v) is 10.8. The van der Waals surface area contributed by atoms with Crippen LogP contribution in [-0.2, 0) is 19.1 Å². The van der Waals surface area contributed by atoms with Gasteiger partial charge in [-0.15, -0.1) is 23.5 Å². The number of ether oxygens (including phenoxy) is 1. The van der Waals surface area contributed by atoms with Crippen LogP contribution in [0.25, 0.3) is 0 Å². The number of β-lactam (4-membered cyclic amide) rings is 1. The summed E-state index contributed by atoms with van der Waals surface area (Å²) in [7, 11) is 1.85. The first-order valence-electron chi connectivity index (χ1n) is 13.7. The summed E-state index contributed by atoms with van der Waals surface area (Å²) in [5.41, 5.74) is 1.52. The highest BCUT2D eigenvalue weighted by atomic mass is 32.2. The number of hydrogen-bond acceptors (Lipinski definition) is 12. The molecular weight excluding hydrogens is 645 g/mol. The molecule has 0 spiro atoms. The summed E-state index contributed by atoms with van der Waals surface area (Å²) in [6.45, 7) is 0.444. The second-order valence-electron chi connectivity index (χ2n) is 10.3. The molecule has 2 saturated heterocycles. The maximum absolute atomic E-state index is 13.6. The van der Waals surface area contributed by atoms with Crippen molar-refractivity contribution in [2.75, 3.05) is 38.2 Å². The molecule has 5 aliphatic heterocycles. The van der Waals surface area contributed by atoms with E-state index in [9.17, 15) is 29.1 Å². The van der Waals surface area contributed by atoms with Crippen molar-refractivity contribution in [3.63, 3.8) is 0 Å². The van der Waals surface area contributed by atoms with Crippen molar-refractivity contribution in [1.82, 2.24) is 35.3 Å². The van der Waals surface area contributed by atoms with Gasteiger partial charge in [0.25, 0.3) is 5.91 Å². The molecule has 0 saturated carbocycles. The lowest BCUT2D eigenvalue weighted by Gasteiger charge is -2.49. The average Bonchev–Trinajstić information content (AvgIpc) is 3.79. The van der Waals surface area contributed by atoms with E-state index >= 15 is 0 Å². The van der Waals surface area contributed by atoms with Crippen LogP contribution in [0.15, 0.2) is 69.5 Å². The predicted octanol–water partition coefficient (Wildman–Crippen LogP) is 1.44. The number of carboxylic acids is 1. The Kier molecular flexibility index (Phi) is 8.97. The molecule has 0 aliphatic carbocycles. The first-order valence-corrected chi connectivity index (χ1v) is 16.6. The Morgan fingerprint density at radius 1 is 1.22 bits per heavy atom. The van der Waals surface area contributed by atoms with E-state index in [4.69, 9.17) is 4.74 Å². The zero-order valence-electron chi connectivity index (χ0n) is 23.7. The summed E-state index contributed by atoms with van der Waals surface area (Å²) in [5, 5.41) is 21.9. The van der Waals surface area contributed by atoms with Crippen molar-refractivity contribution in [3.8, 4) is 0 Å². The number of aliphatic carboxylic acids is 1. The van der Waals surface area contributed by atoms with Gasteiger partial charge in [0.2, 0.25) is 5.91 Å². The number of imide groups is 1. The van der Waals surface area contributed by atoms with Gasteiger partial charge >= 0.3 is 18.0 Å².